The molecule has 2 atom stereocenters. The number of benzene rings is 1. The fraction of sp³-hybridized carbons (Fsp3) is 0.500. The Bertz CT molecular complexity index is 1310. The Morgan fingerprint density at radius 3 is 2.45 bits per heavy atom. The molecule has 1 N–H and O–H groups in total. The van der Waals surface area contributed by atoms with Crippen LogP contribution in [0.3, 0.4) is 0 Å². The second-order valence-electron chi connectivity index (χ2n) is 10.4. The summed E-state index contributed by atoms with van der Waals surface area (Å²) in [6.07, 6.45) is 0.865. The molecule has 14 heteroatoms. The number of likely N-dealkylation sites (tertiary alicyclic amines) is 1. The average Bonchev–Trinajstić information content (AvgIpc) is 3.50. The van der Waals surface area contributed by atoms with Crippen molar-refractivity contribution in [2.45, 2.75) is 51.7 Å². The lowest BCUT2D eigenvalue weighted by molar-refractivity contribution is -0.141. The van der Waals surface area contributed by atoms with Crippen molar-refractivity contribution in [3.8, 4) is 0 Å². The van der Waals surface area contributed by atoms with Gasteiger partial charge < -0.3 is 20.0 Å². The van der Waals surface area contributed by atoms with Gasteiger partial charge >= 0.3 is 6.03 Å². The quantitative estimate of drug-likeness (QED) is 0.478. The number of hydrogen-bond donors (Lipinski definition) is 1. The third kappa shape index (κ3) is 4.45. The van der Waals surface area contributed by atoms with Crippen LogP contribution in [0.2, 0.25) is 0 Å². The van der Waals surface area contributed by atoms with Crippen LogP contribution in [-0.4, -0.2) is 69.0 Å². The van der Waals surface area contributed by atoms with Crippen LogP contribution in [-0.2, 0) is 22.7 Å². The van der Waals surface area contributed by atoms with Crippen LogP contribution >= 0.6 is 0 Å². The van der Waals surface area contributed by atoms with Crippen LogP contribution in [0.4, 0.5) is 38.1 Å². The molecule has 2 fully saturated rings. The van der Waals surface area contributed by atoms with Crippen LogP contribution in [0.15, 0.2) is 18.3 Å². The number of nitrogens with one attached hydrogen (secondary N) is 1. The smallest absolute Gasteiger partial charge is 0.322 e. The number of carbonyl (C=O) groups excluding carboxylic acids is 3. The molecule has 4 amide bonds. The van der Waals surface area contributed by atoms with Gasteiger partial charge in [0.25, 0.3) is 5.92 Å². The van der Waals surface area contributed by atoms with E-state index >= 15 is 0 Å². The van der Waals surface area contributed by atoms with Crippen molar-refractivity contribution in [2.75, 3.05) is 29.9 Å². The number of alkyl halides is 2. The number of amides is 4. The third-order valence-electron chi connectivity index (χ3n) is 7.33. The van der Waals surface area contributed by atoms with Crippen molar-refractivity contribution >= 4 is 29.2 Å². The van der Waals surface area contributed by atoms with Gasteiger partial charge in [-0.1, -0.05) is 0 Å². The summed E-state index contributed by atoms with van der Waals surface area (Å²) in [5.41, 5.74) is -0.606. The molecule has 38 heavy (non-hydrogen) atoms. The standard InChI is InChI=1S/C24H25F5N6O3/c1-13-9-35-18(10-33(13)22(38)31-14-5-15(25)20(27)16(26)6-14)17(8-30-35)34-11-23(2,7-19(34)36)21(37)32-4-3-24(28,29)12-32/h5-6,8,13H,3-4,7,9-12H2,1-2H3,(H,31,38)/t13-,23?/m0/s1. The van der Waals surface area contributed by atoms with Gasteiger partial charge in [-0.25, -0.2) is 26.7 Å². The van der Waals surface area contributed by atoms with Crippen molar-refractivity contribution in [1.82, 2.24) is 19.6 Å². The molecule has 0 saturated carbocycles. The van der Waals surface area contributed by atoms with E-state index in [4.69, 9.17) is 0 Å². The first-order chi connectivity index (χ1) is 17.8. The number of aromatic nitrogens is 2. The number of urea groups is 1. The largest absolute Gasteiger partial charge is 0.336 e. The lowest BCUT2D eigenvalue weighted by atomic mass is 9.88. The minimum absolute atomic E-state index is 0.0265. The topological polar surface area (TPSA) is 90.8 Å². The molecular formula is C24H25F5N6O3. The molecule has 2 saturated heterocycles. The number of carbonyl (C=O) groups is 3. The second-order valence-corrected chi connectivity index (χ2v) is 10.4. The van der Waals surface area contributed by atoms with Crippen LogP contribution in [0, 0.1) is 22.9 Å². The number of halogens is 5. The Balaban J connectivity index is 1.34. The van der Waals surface area contributed by atoms with Gasteiger partial charge in [0, 0.05) is 43.8 Å². The van der Waals surface area contributed by atoms with Gasteiger partial charge in [-0.05, 0) is 13.8 Å². The van der Waals surface area contributed by atoms with E-state index in [0.29, 0.717) is 23.5 Å². The number of rotatable bonds is 3. The molecule has 204 valence electrons. The summed E-state index contributed by atoms with van der Waals surface area (Å²) in [5, 5.41) is 6.67. The Morgan fingerprint density at radius 1 is 1.13 bits per heavy atom. The molecular weight excluding hydrogens is 515 g/mol. The number of nitrogens with zero attached hydrogens (tertiary/aromatic N) is 5. The summed E-state index contributed by atoms with van der Waals surface area (Å²) in [4.78, 5) is 42.9. The maximum Gasteiger partial charge on any atom is 0.322 e. The van der Waals surface area contributed by atoms with E-state index in [2.05, 4.69) is 10.4 Å². The van der Waals surface area contributed by atoms with Crippen molar-refractivity contribution in [3.05, 3.63) is 41.5 Å². The highest BCUT2D eigenvalue weighted by Gasteiger charge is 2.51. The van der Waals surface area contributed by atoms with Crippen LogP contribution in [0.1, 0.15) is 32.4 Å². The highest BCUT2D eigenvalue weighted by Crippen LogP contribution is 2.40. The zero-order valence-electron chi connectivity index (χ0n) is 20.6. The first kappa shape index (κ1) is 25.9. The lowest BCUT2D eigenvalue weighted by Gasteiger charge is -2.35. The fourth-order valence-electron chi connectivity index (χ4n) is 5.28. The molecule has 4 heterocycles. The number of hydrogen-bond acceptors (Lipinski definition) is 4. The summed E-state index contributed by atoms with van der Waals surface area (Å²) < 4.78 is 69.4. The Labute approximate surface area is 214 Å². The normalized spacial score (nSPS) is 24.7. The van der Waals surface area contributed by atoms with Crippen molar-refractivity contribution in [1.29, 1.82) is 0 Å². The molecule has 0 bridgehead atoms. The van der Waals surface area contributed by atoms with Crippen molar-refractivity contribution < 1.29 is 36.3 Å². The molecule has 2 aromatic rings. The van der Waals surface area contributed by atoms with E-state index in [0.717, 1.165) is 4.90 Å². The summed E-state index contributed by atoms with van der Waals surface area (Å²) in [6, 6.07) is 0.224. The third-order valence-corrected chi connectivity index (χ3v) is 7.33. The zero-order chi connectivity index (χ0) is 27.6. The summed E-state index contributed by atoms with van der Waals surface area (Å²) in [6.45, 7) is 2.73. The molecule has 3 aliphatic heterocycles. The first-order valence-electron chi connectivity index (χ1n) is 12.0. The molecule has 5 rings (SSSR count). The van der Waals surface area contributed by atoms with Crippen molar-refractivity contribution in [3.63, 3.8) is 0 Å². The Morgan fingerprint density at radius 2 is 1.82 bits per heavy atom. The van der Waals surface area contributed by atoms with Gasteiger partial charge in [-0.3, -0.25) is 14.3 Å². The van der Waals surface area contributed by atoms with E-state index in [9.17, 15) is 36.3 Å². The monoisotopic (exact) mass is 540 g/mol. The maximum absolute atomic E-state index is 13.7. The molecule has 0 aliphatic carbocycles. The van der Waals surface area contributed by atoms with Crippen molar-refractivity contribution in [2.24, 2.45) is 5.41 Å². The van der Waals surface area contributed by atoms with E-state index < -0.39 is 59.7 Å². The maximum atomic E-state index is 13.7. The van der Waals surface area contributed by atoms with E-state index in [1.54, 1.807) is 18.5 Å². The molecule has 1 aromatic heterocycles. The van der Waals surface area contributed by atoms with Gasteiger partial charge in [0.2, 0.25) is 11.8 Å². The molecule has 1 unspecified atom stereocenters. The van der Waals surface area contributed by atoms with Crippen LogP contribution in [0.25, 0.3) is 0 Å². The van der Waals surface area contributed by atoms with Gasteiger partial charge in [0.15, 0.2) is 17.5 Å². The Hall–Kier alpha value is -3.71. The van der Waals surface area contributed by atoms with Gasteiger partial charge in [0.05, 0.1) is 48.7 Å². The minimum Gasteiger partial charge on any atom is -0.336 e. The SMILES string of the molecule is C[C@H]1Cn2ncc(N3CC(C)(C(=O)N4CCC(F)(F)C4)CC3=O)c2CN1C(=O)Nc1cc(F)c(F)c(F)c1. The second kappa shape index (κ2) is 8.95. The lowest BCUT2D eigenvalue weighted by Crippen LogP contribution is -2.47. The predicted octanol–water partition coefficient (Wildman–Crippen LogP) is 3.35. The zero-order valence-corrected chi connectivity index (χ0v) is 20.6. The molecule has 9 nitrogen and oxygen atoms in total. The minimum atomic E-state index is -2.95. The average molecular weight is 540 g/mol. The van der Waals surface area contributed by atoms with Crippen LogP contribution in [0.5, 0.6) is 0 Å². The highest BCUT2D eigenvalue weighted by molar-refractivity contribution is 6.02. The Kier molecular flexibility index (Phi) is 6.10. The summed E-state index contributed by atoms with van der Waals surface area (Å²) >= 11 is 0. The first-order valence-corrected chi connectivity index (χ1v) is 12.0. The van der Waals surface area contributed by atoms with Gasteiger partial charge in [-0.2, -0.15) is 5.10 Å². The highest BCUT2D eigenvalue weighted by atomic mass is 19.3. The molecule has 0 spiro atoms. The predicted molar refractivity (Wildman–Crippen MR) is 124 cm³/mol. The summed E-state index contributed by atoms with van der Waals surface area (Å²) in [5.74, 6) is -8.40. The molecule has 1 aromatic carbocycles. The van der Waals surface area contributed by atoms with E-state index in [-0.39, 0.29) is 44.2 Å². The number of anilines is 2. The van der Waals surface area contributed by atoms with Crippen LogP contribution < -0.4 is 10.2 Å². The van der Waals surface area contributed by atoms with Gasteiger partial charge in [0.1, 0.15) is 0 Å². The molecule has 3 aliphatic rings. The van der Waals surface area contributed by atoms with E-state index in [1.807, 2.05) is 0 Å². The molecule has 0 radical (unpaired) electrons. The number of fused-ring (bicyclic) bond motifs is 1. The fourth-order valence-corrected chi connectivity index (χ4v) is 5.28. The van der Waals surface area contributed by atoms with Gasteiger partial charge in [-0.15, -0.1) is 0 Å². The summed E-state index contributed by atoms with van der Waals surface area (Å²) in [7, 11) is 0. The van der Waals surface area contributed by atoms with E-state index in [1.165, 1.54) is 16.0 Å².